The highest BCUT2D eigenvalue weighted by Gasteiger charge is 2.24. The molecule has 12 aromatic rings. The second kappa shape index (κ2) is 12.8. The fourth-order valence-electron chi connectivity index (χ4n) is 8.40. The first-order valence-corrected chi connectivity index (χ1v) is 19.3. The number of furan rings is 2. The zero-order valence-electron chi connectivity index (χ0n) is 30.9. The van der Waals surface area contributed by atoms with Crippen LogP contribution in [-0.2, 0) is 0 Å². The minimum atomic E-state index is 0.537. The molecule has 0 aliphatic heterocycles. The summed E-state index contributed by atoms with van der Waals surface area (Å²) in [6.07, 6.45) is 1.94. The van der Waals surface area contributed by atoms with Crippen LogP contribution >= 0.6 is 0 Å². The molecule has 8 aromatic carbocycles. The molecular weight excluding hydrogens is 713 g/mol. The van der Waals surface area contributed by atoms with Gasteiger partial charge in [0.05, 0.1) is 11.1 Å². The zero-order chi connectivity index (χ0) is 38.2. The fourth-order valence-corrected chi connectivity index (χ4v) is 8.40. The van der Waals surface area contributed by atoms with E-state index in [1.807, 2.05) is 85.1 Å². The van der Waals surface area contributed by atoms with E-state index in [9.17, 15) is 0 Å². The third-order valence-electron chi connectivity index (χ3n) is 11.1. The summed E-state index contributed by atoms with van der Waals surface area (Å²) in [5.74, 6) is 1.66. The smallest absolute Gasteiger partial charge is 0.164 e. The van der Waals surface area contributed by atoms with Gasteiger partial charge in [-0.25, -0.2) is 15.0 Å². The summed E-state index contributed by atoms with van der Waals surface area (Å²) in [5, 5.41) is 8.28. The molecule has 270 valence electrons. The molecule has 4 heterocycles. The normalized spacial score (nSPS) is 11.8. The van der Waals surface area contributed by atoms with Crippen LogP contribution in [0.2, 0.25) is 0 Å². The van der Waals surface area contributed by atoms with Crippen LogP contribution in [0.25, 0.3) is 122 Å². The Kier molecular flexibility index (Phi) is 7.13. The summed E-state index contributed by atoms with van der Waals surface area (Å²) in [4.78, 5) is 21.1. The number of nitrogens with zero attached hydrogens (tertiary/aromatic N) is 4. The topological polar surface area (TPSA) is 77.8 Å². The number of fused-ring (bicyclic) bond motifs is 8. The minimum Gasteiger partial charge on any atom is -0.456 e. The van der Waals surface area contributed by atoms with Crippen molar-refractivity contribution >= 4 is 65.4 Å². The van der Waals surface area contributed by atoms with Gasteiger partial charge in [0.1, 0.15) is 22.3 Å². The first-order valence-electron chi connectivity index (χ1n) is 19.3. The summed E-state index contributed by atoms with van der Waals surface area (Å²) >= 11 is 0. The lowest BCUT2D eigenvalue weighted by atomic mass is 9.93. The Hall–Kier alpha value is -7.96. The quantitative estimate of drug-likeness (QED) is 0.175. The molecule has 0 bridgehead atoms. The molecule has 0 aliphatic carbocycles. The second-order valence-corrected chi connectivity index (χ2v) is 14.6. The van der Waals surface area contributed by atoms with E-state index in [4.69, 9.17) is 28.8 Å². The average Bonchev–Trinajstić information content (AvgIpc) is 3.86. The van der Waals surface area contributed by atoms with Gasteiger partial charge < -0.3 is 8.83 Å². The lowest BCUT2D eigenvalue weighted by Crippen LogP contribution is -2.02. The first kappa shape index (κ1) is 32.3. The molecule has 12 rings (SSSR count). The SMILES string of the molecule is c1ccc(-c2nc(-c3cc4ccccc4cc3-c3ncc(-c4ccccc4)c4oc5cc6ccccc6cc5c34)nc(-c3cccc4oc5ccccc5c34)n2)cc1. The standard InChI is InChI=1S/C52H30N4O2/c1-3-14-31(15-4-1)42-30-53-48(47-41-28-35-20-9-10-21-36(35)29-45(41)58-49(42)47)39-26-33-18-7-8-19-34(33)27-40(39)52-55-50(32-16-5-2-6-17-32)54-51(56-52)38-23-13-25-44-46(38)37-22-11-12-24-43(37)57-44/h1-30H. The van der Waals surface area contributed by atoms with Crippen molar-refractivity contribution in [3.8, 4) is 56.5 Å². The highest BCUT2D eigenvalue weighted by molar-refractivity contribution is 6.19. The maximum Gasteiger partial charge on any atom is 0.164 e. The van der Waals surface area contributed by atoms with E-state index in [0.717, 1.165) is 104 Å². The van der Waals surface area contributed by atoms with E-state index < -0.39 is 0 Å². The van der Waals surface area contributed by atoms with Crippen LogP contribution in [-0.4, -0.2) is 19.9 Å². The van der Waals surface area contributed by atoms with Gasteiger partial charge >= 0.3 is 0 Å². The number of aromatic nitrogens is 4. The van der Waals surface area contributed by atoms with Gasteiger partial charge in [0.15, 0.2) is 17.5 Å². The molecule has 58 heavy (non-hydrogen) atoms. The monoisotopic (exact) mass is 742 g/mol. The molecule has 0 amide bonds. The molecule has 6 nitrogen and oxygen atoms in total. The Balaban J connectivity index is 1.18. The van der Waals surface area contributed by atoms with E-state index in [2.05, 4.69) is 97.1 Å². The number of hydrogen-bond donors (Lipinski definition) is 0. The van der Waals surface area contributed by atoms with E-state index >= 15 is 0 Å². The Morgan fingerprint density at radius 3 is 1.69 bits per heavy atom. The van der Waals surface area contributed by atoms with E-state index in [1.54, 1.807) is 0 Å². The number of benzene rings is 8. The summed E-state index contributed by atoms with van der Waals surface area (Å²) < 4.78 is 13.2. The second-order valence-electron chi connectivity index (χ2n) is 14.6. The molecular formula is C52H30N4O2. The van der Waals surface area contributed by atoms with Gasteiger partial charge in [-0.05, 0) is 63.5 Å². The Bertz CT molecular complexity index is 3570. The lowest BCUT2D eigenvalue weighted by molar-refractivity contribution is 0.669. The maximum atomic E-state index is 6.87. The van der Waals surface area contributed by atoms with Crippen molar-refractivity contribution in [1.29, 1.82) is 0 Å². The molecule has 0 saturated carbocycles. The summed E-state index contributed by atoms with van der Waals surface area (Å²) in [6, 6.07) is 60.1. The molecule has 0 saturated heterocycles. The van der Waals surface area contributed by atoms with Gasteiger partial charge in [-0.3, -0.25) is 4.98 Å². The summed E-state index contributed by atoms with van der Waals surface area (Å²) in [6.45, 7) is 0. The average molecular weight is 743 g/mol. The Morgan fingerprint density at radius 1 is 0.345 bits per heavy atom. The summed E-state index contributed by atoms with van der Waals surface area (Å²) in [7, 11) is 0. The maximum absolute atomic E-state index is 6.87. The molecule has 0 spiro atoms. The molecule has 0 N–H and O–H groups in total. The van der Waals surface area contributed by atoms with Crippen LogP contribution in [0.15, 0.2) is 191 Å². The van der Waals surface area contributed by atoms with Gasteiger partial charge in [-0.15, -0.1) is 0 Å². The lowest BCUT2D eigenvalue weighted by Gasteiger charge is -2.15. The van der Waals surface area contributed by atoms with Crippen molar-refractivity contribution in [2.45, 2.75) is 0 Å². The predicted molar refractivity (Wildman–Crippen MR) is 234 cm³/mol. The van der Waals surface area contributed by atoms with E-state index in [0.29, 0.717) is 17.5 Å². The molecule has 0 atom stereocenters. The number of para-hydroxylation sites is 1. The van der Waals surface area contributed by atoms with Crippen LogP contribution < -0.4 is 0 Å². The third-order valence-corrected chi connectivity index (χ3v) is 11.1. The van der Waals surface area contributed by atoms with Crippen LogP contribution in [0.1, 0.15) is 0 Å². The molecule has 4 aromatic heterocycles. The van der Waals surface area contributed by atoms with Crippen molar-refractivity contribution in [3.05, 3.63) is 182 Å². The van der Waals surface area contributed by atoms with Crippen LogP contribution in [0.3, 0.4) is 0 Å². The predicted octanol–water partition coefficient (Wildman–Crippen LogP) is 13.7. The van der Waals surface area contributed by atoms with Crippen LogP contribution in [0.5, 0.6) is 0 Å². The molecule has 0 unspecified atom stereocenters. The van der Waals surface area contributed by atoms with Crippen molar-refractivity contribution in [2.24, 2.45) is 0 Å². The number of rotatable bonds is 5. The zero-order valence-corrected chi connectivity index (χ0v) is 30.9. The number of pyridine rings is 1. The van der Waals surface area contributed by atoms with Crippen molar-refractivity contribution in [3.63, 3.8) is 0 Å². The largest absolute Gasteiger partial charge is 0.456 e. The van der Waals surface area contributed by atoms with E-state index in [1.165, 1.54) is 0 Å². The van der Waals surface area contributed by atoms with Gasteiger partial charge in [-0.1, -0.05) is 140 Å². The highest BCUT2D eigenvalue weighted by atomic mass is 16.3. The Morgan fingerprint density at radius 2 is 0.931 bits per heavy atom. The molecule has 0 fully saturated rings. The third kappa shape index (κ3) is 5.12. The van der Waals surface area contributed by atoms with Crippen LogP contribution in [0, 0.1) is 0 Å². The highest BCUT2D eigenvalue weighted by Crippen LogP contribution is 2.45. The van der Waals surface area contributed by atoms with Gasteiger partial charge in [-0.2, -0.15) is 0 Å². The summed E-state index contributed by atoms with van der Waals surface area (Å²) in [5.41, 5.74) is 9.40. The number of hydrogen-bond acceptors (Lipinski definition) is 6. The van der Waals surface area contributed by atoms with Gasteiger partial charge in [0, 0.05) is 50.2 Å². The van der Waals surface area contributed by atoms with Crippen molar-refractivity contribution < 1.29 is 8.83 Å². The van der Waals surface area contributed by atoms with Gasteiger partial charge in [0.25, 0.3) is 0 Å². The molecule has 6 heteroatoms. The van der Waals surface area contributed by atoms with Crippen LogP contribution in [0.4, 0.5) is 0 Å². The van der Waals surface area contributed by atoms with Crippen molar-refractivity contribution in [2.75, 3.05) is 0 Å². The van der Waals surface area contributed by atoms with Crippen molar-refractivity contribution in [1.82, 2.24) is 19.9 Å². The van der Waals surface area contributed by atoms with Gasteiger partial charge in [0.2, 0.25) is 0 Å². The Labute approximate surface area is 331 Å². The molecule has 0 aliphatic rings. The minimum absolute atomic E-state index is 0.537. The fraction of sp³-hybridized carbons (Fsp3) is 0. The first-order chi connectivity index (χ1) is 28.7. The molecule has 0 radical (unpaired) electrons. The van der Waals surface area contributed by atoms with E-state index in [-0.39, 0.29) is 0 Å².